The molecule has 2 aromatic rings. The van der Waals surface area contributed by atoms with Crippen LogP contribution < -0.4 is 11.1 Å². The quantitative estimate of drug-likeness (QED) is 0.550. The second kappa shape index (κ2) is 6.33. The van der Waals surface area contributed by atoms with Gasteiger partial charge in [-0.15, -0.1) is 0 Å². The van der Waals surface area contributed by atoms with Crippen molar-refractivity contribution < 1.29 is 4.79 Å². The van der Waals surface area contributed by atoms with Crippen molar-refractivity contribution in [2.24, 2.45) is 5.41 Å². The maximum Gasteiger partial charge on any atom is 0.200 e. The highest BCUT2D eigenvalue weighted by molar-refractivity contribution is 7.71. The van der Waals surface area contributed by atoms with Crippen LogP contribution in [0.5, 0.6) is 0 Å². The fourth-order valence-electron chi connectivity index (χ4n) is 3.98. The smallest absolute Gasteiger partial charge is 0.200 e. The van der Waals surface area contributed by atoms with E-state index in [1.54, 1.807) is 12.1 Å². The van der Waals surface area contributed by atoms with Crippen molar-refractivity contribution in [3.63, 3.8) is 0 Å². The van der Waals surface area contributed by atoms with Gasteiger partial charge in [0.15, 0.2) is 10.6 Å². The molecule has 1 unspecified atom stereocenters. The number of benzene rings is 1. The molecule has 0 amide bonds. The number of anilines is 2. The number of nitrogens with zero attached hydrogens (tertiary/aromatic N) is 1. The number of fused-ring (bicyclic) bond motifs is 1. The Morgan fingerprint density at radius 1 is 1.26 bits per heavy atom. The van der Waals surface area contributed by atoms with Gasteiger partial charge in [0.25, 0.3) is 0 Å². The van der Waals surface area contributed by atoms with E-state index in [2.05, 4.69) is 29.1 Å². The fraction of sp³-hybridized carbons (Fsp3) is 0.316. The molecule has 4 N–H and O–H groups in total. The van der Waals surface area contributed by atoms with E-state index in [4.69, 9.17) is 41.2 Å². The number of nitrogen functional groups attached to an aromatic ring is 1. The molecule has 0 saturated carbocycles. The van der Waals surface area contributed by atoms with Gasteiger partial charge in [0.2, 0.25) is 0 Å². The minimum absolute atomic E-state index is 0.0947. The third-order valence-corrected chi connectivity index (χ3v) is 5.98. The van der Waals surface area contributed by atoms with E-state index in [1.165, 1.54) is 0 Å². The highest BCUT2D eigenvalue weighted by Gasteiger charge is 2.42. The molecule has 8 heteroatoms. The second-order valence-electron chi connectivity index (χ2n) is 7.78. The minimum atomic E-state index is -0.381. The summed E-state index contributed by atoms with van der Waals surface area (Å²) in [6.07, 6.45) is 1.20. The Morgan fingerprint density at radius 2 is 2.00 bits per heavy atom. The number of Topliss-reactive ketones (excluding diaryl/α,β-unsaturated/α-hetero) is 1. The zero-order valence-electron chi connectivity index (χ0n) is 14.8. The van der Waals surface area contributed by atoms with Crippen molar-refractivity contribution in [2.45, 2.75) is 32.6 Å². The van der Waals surface area contributed by atoms with Crippen LogP contribution in [-0.2, 0) is 4.79 Å². The second-order valence-corrected chi connectivity index (χ2v) is 8.98. The number of rotatable bonds is 1. The first kappa shape index (κ1) is 18.5. The van der Waals surface area contributed by atoms with E-state index >= 15 is 0 Å². The van der Waals surface area contributed by atoms with Gasteiger partial charge in [0.05, 0.1) is 10.0 Å². The molecule has 0 fully saturated rings. The van der Waals surface area contributed by atoms with Crippen LogP contribution in [0, 0.1) is 10.2 Å². The van der Waals surface area contributed by atoms with E-state index < -0.39 is 0 Å². The largest absolute Gasteiger partial charge is 0.385 e. The Balaban J connectivity index is 2.00. The van der Waals surface area contributed by atoms with Gasteiger partial charge in [-0.25, -0.2) is 4.98 Å². The predicted molar refractivity (Wildman–Crippen MR) is 111 cm³/mol. The lowest BCUT2D eigenvalue weighted by molar-refractivity contribution is -0.118. The van der Waals surface area contributed by atoms with Crippen LogP contribution in [0.1, 0.15) is 43.7 Å². The van der Waals surface area contributed by atoms with Gasteiger partial charge >= 0.3 is 0 Å². The fourth-order valence-corrected chi connectivity index (χ4v) is 4.49. The van der Waals surface area contributed by atoms with Crippen molar-refractivity contribution in [1.82, 2.24) is 9.97 Å². The van der Waals surface area contributed by atoms with Crippen LogP contribution in [0.25, 0.3) is 0 Å². The summed E-state index contributed by atoms with van der Waals surface area (Å²) in [4.78, 5) is 20.4. The van der Waals surface area contributed by atoms with E-state index in [9.17, 15) is 4.79 Å². The molecule has 2 aliphatic rings. The number of H-pyrrole nitrogens is 1. The Bertz CT molecular complexity index is 1070. The average molecular weight is 421 g/mol. The summed E-state index contributed by atoms with van der Waals surface area (Å²) in [5.41, 5.74) is 9.25. The number of hydrogen-bond acceptors (Lipinski definition) is 5. The number of carbonyl (C=O) groups is 1. The average Bonchev–Trinajstić information content (AvgIpc) is 2.54. The Kier molecular flexibility index (Phi) is 4.33. The number of nitrogens with two attached hydrogens (primary N) is 1. The number of carbonyl (C=O) groups excluding carboxylic acids is 1. The van der Waals surface area contributed by atoms with E-state index in [0.29, 0.717) is 39.2 Å². The van der Waals surface area contributed by atoms with Gasteiger partial charge < -0.3 is 16.0 Å². The van der Waals surface area contributed by atoms with Crippen LogP contribution in [0.15, 0.2) is 29.5 Å². The van der Waals surface area contributed by atoms with Crippen LogP contribution in [0.4, 0.5) is 11.6 Å². The molecule has 0 bridgehead atoms. The Hall–Kier alpha value is -1.89. The zero-order valence-corrected chi connectivity index (χ0v) is 17.1. The van der Waals surface area contributed by atoms with Crippen molar-refractivity contribution in [3.8, 4) is 0 Å². The number of aromatic amines is 1. The standard InChI is InChI=1S/C19H18Cl2N4OS/c1-19(2)6-11-14(12(26)7-19)13(8-3-4-9(20)10(21)5-8)15-16(22)24-18(27)25-17(15)23-11/h3-5,13H,6-7H2,1-2H3,(H4,22,23,24,25,27). The van der Waals surface area contributed by atoms with Gasteiger partial charge in [0.1, 0.15) is 11.6 Å². The summed E-state index contributed by atoms with van der Waals surface area (Å²) in [5.74, 6) is 0.681. The molecule has 4 rings (SSSR count). The number of hydrogen-bond donors (Lipinski definition) is 3. The molecule has 0 spiro atoms. The predicted octanol–water partition coefficient (Wildman–Crippen LogP) is 5.23. The van der Waals surface area contributed by atoms with Crippen molar-refractivity contribution in [3.05, 3.63) is 55.4 Å². The summed E-state index contributed by atoms with van der Waals surface area (Å²) in [6.45, 7) is 4.16. The third kappa shape index (κ3) is 3.16. The first-order valence-corrected chi connectivity index (χ1v) is 9.70. The van der Waals surface area contributed by atoms with Gasteiger partial charge in [0, 0.05) is 29.2 Å². The Morgan fingerprint density at radius 3 is 2.70 bits per heavy atom. The van der Waals surface area contributed by atoms with Gasteiger partial charge in [-0.05, 0) is 41.7 Å². The number of ketones is 1. The van der Waals surface area contributed by atoms with Crippen LogP contribution >= 0.6 is 35.4 Å². The zero-order chi connectivity index (χ0) is 19.5. The normalized spacial score (nSPS) is 20.7. The van der Waals surface area contributed by atoms with Crippen molar-refractivity contribution in [2.75, 3.05) is 11.1 Å². The maximum absolute atomic E-state index is 13.1. The molecule has 1 atom stereocenters. The van der Waals surface area contributed by atoms with E-state index in [0.717, 1.165) is 17.7 Å². The summed E-state index contributed by atoms with van der Waals surface area (Å²) < 4.78 is 0.289. The monoisotopic (exact) mass is 420 g/mol. The van der Waals surface area contributed by atoms with Crippen LogP contribution in [0.2, 0.25) is 10.0 Å². The first-order valence-electron chi connectivity index (χ1n) is 8.54. The van der Waals surface area contributed by atoms with Crippen molar-refractivity contribution in [1.29, 1.82) is 0 Å². The lowest BCUT2D eigenvalue weighted by Crippen LogP contribution is -2.34. The summed E-state index contributed by atoms with van der Waals surface area (Å²) >= 11 is 17.5. The summed E-state index contributed by atoms with van der Waals surface area (Å²) in [7, 11) is 0. The molecule has 140 valence electrons. The third-order valence-electron chi connectivity index (χ3n) is 5.04. The van der Waals surface area contributed by atoms with E-state index in [-0.39, 0.29) is 21.9 Å². The molecule has 1 aromatic heterocycles. The molecule has 5 nitrogen and oxygen atoms in total. The molecule has 0 saturated heterocycles. The topological polar surface area (TPSA) is 83.8 Å². The van der Waals surface area contributed by atoms with Gasteiger partial charge in [-0.2, -0.15) is 0 Å². The number of nitrogens with one attached hydrogen (secondary N) is 2. The summed E-state index contributed by atoms with van der Waals surface area (Å²) in [5, 5.41) is 4.20. The molecule has 1 aliphatic carbocycles. The maximum atomic E-state index is 13.1. The lowest BCUT2D eigenvalue weighted by atomic mass is 9.69. The first-order chi connectivity index (χ1) is 12.7. The number of aromatic nitrogens is 2. The molecule has 2 heterocycles. The van der Waals surface area contributed by atoms with Crippen LogP contribution in [0.3, 0.4) is 0 Å². The number of halogens is 2. The van der Waals surface area contributed by atoms with E-state index in [1.807, 2.05) is 6.07 Å². The molecule has 0 radical (unpaired) electrons. The summed E-state index contributed by atoms with van der Waals surface area (Å²) in [6, 6.07) is 5.38. The minimum Gasteiger partial charge on any atom is -0.385 e. The molecule has 1 aliphatic heterocycles. The molecule has 27 heavy (non-hydrogen) atoms. The van der Waals surface area contributed by atoms with Crippen LogP contribution in [-0.4, -0.2) is 15.8 Å². The SMILES string of the molecule is CC1(C)CC(=O)C2=C(C1)Nc1nc(=S)[nH]c(N)c1C2c1ccc(Cl)c(Cl)c1. The highest BCUT2D eigenvalue weighted by atomic mass is 35.5. The number of allylic oxidation sites excluding steroid dienone is 2. The van der Waals surface area contributed by atoms with Gasteiger partial charge in [-0.1, -0.05) is 43.1 Å². The Labute approximate surface area is 172 Å². The van der Waals surface area contributed by atoms with Crippen molar-refractivity contribution >= 4 is 52.8 Å². The van der Waals surface area contributed by atoms with Gasteiger partial charge in [-0.3, -0.25) is 4.79 Å². The molecule has 1 aromatic carbocycles. The highest BCUT2D eigenvalue weighted by Crippen LogP contribution is 2.50. The molecular formula is C19H18Cl2N4OS. The molecular weight excluding hydrogens is 403 g/mol. The lowest BCUT2D eigenvalue weighted by Gasteiger charge is -2.39.